The molecule has 16 heavy (non-hydrogen) atoms. The number of nitrogens with one attached hydrogen (secondary N) is 1. The van der Waals surface area contributed by atoms with E-state index >= 15 is 0 Å². The van der Waals surface area contributed by atoms with Crippen molar-refractivity contribution < 1.29 is 8.78 Å². The molecular weight excluding hydrogens is 276 g/mol. The van der Waals surface area contributed by atoms with Crippen molar-refractivity contribution in [1.82, 2.24) is 5.32 Å². The molecule has 2 rings (SSSR count). The summed E-state index contributed by atoms with van der Waals surface area (Å²) in [4.78, 5) is 0. The largest absolute Gasteiger partial charge is 0.314 e. The summed E-state index contributed by atoms with van der Waals surface area (Å²) in [5.74, 6) is -2.74. The van der Waals surface area contributed by atoms with Crippen LogP contribution in [0, 0.1) is 0 Å². The van der Waals surface area contributed by atoms with E-state index in [1.807, 2.05) is 0 Å². The van der Waals surface area contributed by atoms with Gasteiger partial charge in [0.15, 0.2) is 0 Å². The van der Waals surface area contributed by atoms with E-state index in [9.17, 15) is 8.78 Å². The first kappa shape index (κ1) is 12.0. The van der Waals surface area contributed by atoms with Crippen molar-refractivity contribution >= 4 is 15.9 Å². The minimum atomic E-state index is -2.74. The molecule has 1 N–H and O–H groups in total. The molecular formula is C12H14BrF2N. The van der Waals surface area contributed by atoms with Crippen molar-refractivity contribution in [3.63, 3.8) is 0 Å². The molecule has 0 spiro atoms. The molecule has 1 aromatic rings. The molecule has 0 amide bonds. The van der Waals surface area contributed by atoms with E-state index in [1.165, 1.54) is 12.1 Å². The Kier molecular flexibility index (Phi) is 3.60. The van der Waals surface area contributed by atoms with Gasteiger partial charge in [-0.05, 0) is 31.5 Å². The van der Waals surface area contributed by atoms with Crippen molar-refractivity contribution in [2.75, 3.05) is 6.54 Å². The molecule has 1 nitrogen and oxygen atoms in total. The van der Waals surface area contributed by atoms with Crippen LogP contribution in [0.5, 0.6) is 0 Å². The van der Waals surface area contributed by atoms with Gasteiger partial charge in [0.25, 0.3) is 5.92 Å². The molecule has 88 valence electrons. The molecule has 1 fully saturated rings. The molecule has 1 atom stereocenters. The van der Waals surface area contributed by atoms with E-state index < -0.39 is 5.92 Å². The molecule has 1 unspecified atom stereocenters. The highest BCUT2D eigenvalue weighted by Crippen LogP contribution is 2.35. The number of rotatable bonds is 3. The van der Waals surface area contributed by atoms with E-state index in [-0.39, 0.29) is 18.0 Å². The molecule has 0 saturated carbocycles. The Bertz CT molecular complexity index is 362. The highest BCUT2D eigenvalue weighted by atomic mass is 79.9. The van der Waals surface area contributed by atoms with Gasteiger partial charge in [-0.2, -0.15) is 0 Å². The van der Waals surface area contributed by atoms with Gasteiger partial charge in [0, 0.05) is 22.5 Å². The fourth-order valence-electron chi connectivity index (χ4n) is 2.07. The molecule has 0 aliphatic carbocycles. The van der Waals surface area contributed by atoms with Crippen molar-refractivity contribution in [3.8, 4) is 0 Å². The average Bonchev–Trinajstić information content (AvgIpc) is 2.70. The van der Waals surface area contributed by atoms with Crippen LogP contribution in [0.2, 0.25) is 0 Å². The van der Waals surface area contributed by atoms with Crippen LogP contribution < -0.4 is 5.32 Å². The fraction of sp³-hybridized carbons (Fsp3) is 0.500. The van der Waals surface area contributed by atoms with Crippen LogP contribution in [0.1, 0.15) is 24.8 Å². The van der Waals surface area contributed by atoms with Gasteiger partial charge < -0.3 is 5.32 Å². The minimum Gasteiger partial charge on any atom is -0.314 e. The van der Waals surface area contributed by atoms with Gasteiger partial charge in [-0.1, -0.05) is 28.1 Å². The zero-order valence-electron chi connectivity index (χ0n) is 8.85. The van der Waals surface area contributed by atoms with Crippen molar-refractivity contribution in [2.24, 2.45) is 0 Å². The Morgan fingerprint density at radius 1 is 1.44 bits per heavy atom. The summed E-state index contributed by atoms with van der Waals surface area (Å²) in [5.41, 5.74) is 0.0931. The second kappa shape index (κ2) is 4.80. The summed E-state index contributed by atoms with van der Waals surface area (Å²) in [6.07, 6.45) is 1.74. The lowest BCUT2D eigenvalue weighted by Gasteiger charge is -2.21. The first-order valence-corrected chi connectivity index (χ1v) is 6.24. The number of hydrogen-bond acceptors (Lipinski definition) is 1. The smallest absolute Gasteiger partial charge is 0.274 e. The standard InChI is InChI=1S/C12H14BrF2N/c13-10-4-1-3-9(7-10)12(14,15)8-11-5-2-6-16-11/h1,3-4,7,11,16H,2,5-6,8H2. The summed E-state index contributed by atoms with van der Waals surface area (Å²) in [6.45, 7) is 0.860. The third-order valence-electron chi connectivity index (χ3n) is 2.91. The highest BCUT2D eigenvalue weighted by Gasteiger charge is 2.35. The lowest BCUT2D eigenvalue weighted by molar-refractivity contribution is -0.0213. The maximum atomic E-state index is 13.9. The second-order valence-electron chi connectivity index (χ2n) is 4.21. The zero-order chi connectivity index (χ0) is 11.6. The Labute approximate surface area is 102 Å². The quantitative estimate of drug-likeness (QED) is 0.895. The Balaban J connectivity index is 2.10. The van der Waals surface area contributed by atoms with Gasteiger partial charge in [-0.15, -0.1) is 0 Å². The number of halogens is 3. The Hall–Kier alpha value is -0.480. The Morgan fingerprint density at radius 2 is 2.25 bits per heavy atom. The first-order valence-electron chi connectivity index (χ1n) is 5.45. The summed E-state index contributed by atoms with van der Waals surface area (Å²) < 4.78 is 28.6. The van der Waals surface area contributed by atoms with Crippen LogP contribution in [0.3, 0.4) is 0 Å². The molecule has 4 heteroatoms. The van der Waals surface area contributed by atoms with Crippen LogP contribution in [0.4, 0.5) is 8.78 Å². The second-order valence-corrected chi connectivity index (χ2v) is 5.13. The molecule has 0 radical (unpaired) electrons. The average molecular weight is 290 g/mol. The number of hydrogen-bond donors (Lipinski definition) is 1. The normalized spacial score (nSPS) is 21.3. The van der Waals surface area contributed by atoms with Crippen molar-refractivity contribution in [3.05, 3.63) is 34.3 Å². The molecule has 1 aliphatic heterocycles. The van der Waals surface area contributed by atoms with Crippen molar-refractivity contribution in [1.29, 1.82) is 0 Å². The van der Waals surface area contributed by atoms with Gasteiger partial charge in [0.1, 0.15) is 0 Å². The Morgan fingerprint density at radius 3 is 2.88 bits per heavy atom. The summed E-state index contributed by atoms with van der Waals surface area (Å²) in [7, 11) is 0. The molecule has 1 aromatic carbocycles. The topological polar surface area (TPSA) is 12.0 Å². The predicted molar refractivity (Wildman–Crippen MR) is 63.7 cm³/mol. The lowest BCUT2D eigenvalue weighted by Crippen LogP contribution is -2.29. The van der Waals surface area contributed by atoms with Crippen LogP contribution in [-0.2, 0) is 5.92 Å². The van der Waals surface area contributed by atoms with Crippen LogP contribution in [-0.4, -0.2) is 12.6 Å². The van der Waals surface area contributed by atoms with Gasteiger partial charge in [0.2, 0.25) is 0 Å². The van der Waals surface area contributed by atoms with Gasteiger partial charge in [-0.3, -0.25) is 0 Å². The van der Waals surface area contributed by atoms with E-state index in [1.54, 1.807) is 12.1 Å². The van der Waals surface area contributed by atoms with Crippen LogP contribution >= 0.6 is 15.9 Å². The third-order valence-corrected chi connectivity index (χ3v) is 3.41. The molecule has 0 bridgehead atoms. The fourth-order valence-corrected chi connectivity index (χ4v) is 2.47. The summed E-state index contributed by atoms with van der Waals surface area (Å²) >= 11 is 3.22. The van der Waals surface area contributed by atoms with E-state index in [0.717, 1.165) is 19.4 Å². The van der Waals surface area contributed by atoms with Gasteiger partial charge in [-0.25, -0.2) is 8.78 Å². The third kappa shape index (κ3) is 2.80. The van der Waals surface area contributed by atoms with Crippen LogP contribution in [0.15, 0.2) is 28.7 Å². The maximum Gasteiger partial charge on any atom is 0.274 e. The van der Waals surface area contributed by atoms with E-state index in [0.29, 0.717) is 4.47 Å². The summed E-state index contributed by atoms with van der Waals surface area (Å²) in [6, 6.07) is 6.34. The van der Waals surface area contributed by atoms with Crippen LogP contribution in [0.25, 0.3) is 0 Å². The molecule has 0 aromatic heterocycles. The monoisotopic (exact) mass is 289 g/mol. The maximum absolute atomic E-state index is 13.9. The zero-order valence-corrected chi connectivity index (χ0v) is 10.4. The SMILES string of the molecule is FC(F)(CC1CCCN1)c1cccc(Br)c1. The minimum absolute atomic E-state index is 0.0472. The number of alkyl halides is 2. The first-order chi connectivity index (χ1) is 7.58. The number of benzene rings is 1. The lowest BCUT2D eigenvalue weighted by atomic mass is 10.00. The van der Waals surface area contributed by atoms with Gasteiger partial charge >= 0.3 is 0 Å². The van der Waals surface area contributed by atoms with Crippen molar-refractivity contribution in [2.45, 2.75) is 31.2 Å². The van der Waals surface area contributed by atoms with E-state index in [2.05, 4.69) is 21.2 Å². The molecule has 1 aliphatic rings. The van der Waals surface area contributed by atoms with Gasteiger partial charge in [0.05, 0.1) is 0 Å². The predicted octanol–water partition coefficient (Wildman–Crippen LogP) is 3.68. The highest BCUT2D eigenvalue weighted by molar-refractivity contribution is 9.10. The van der Waals surface area contributed by atoms with E-state index in [4.69, 9.17) is 0 Å². The summed E-state index contributed by atoms with van der Waals surface area (Å²) in [5, 5.41) is 3.11. The molecule has 1 heterocycles. The molecule has 1 saturated heterocycles.